The fourth-order valence-corrected chi connectivity index (χ4v) is 3.54. The van der Waals surface area contributed by atoms with Crippen LogP contribution >= 0.6 is 0 Å². The monoisotopic (exact) mass is 411 g/mol. The number of pyridine rings is 1. The summed E-state index contributed by atoms with van der Waals surface area (Å²) >= 11 is 0. The van der Waals surface area contributed by atoms with Crippen LogP contribution in [0.25, 0.3) is 0 Å². The molecule has 1 fully saturated rings. The number of rotatable bonds is 5. The Morgan fingerprint density at radius 1 is 1.00 bits per heavy atom. The largest absolute Gasteiger partial charge is 0.355 e. The second-order valence-electron chi connectivity index (χ2n) is 7.73. The van der Waals surface area contributed by atoms with Crippen LogP contribution in [0.2, 0.25) is 0 Å². The average Bonchev–Trinajstić information content (AvgIpc) is 2.95. The Hall–Kier alpha value is -4.18. The Kier molecular flexibility index (Phi) is 5.14. The predicted octanol–water partition coefficient (Wildman–Crippen LogP) is 4.44. The summed E-state index contributed by atoms with van der Waals surface area (Å²) < 4.78 is 0. The third-order valence-corrected chi connectivity index (χ3v) is 5.34. The fourth-order valence-electron chi connectivity index (χ4n) is 3.54. The molecule has 1 aromatic heterocycles. The van der Waals surface area contributed by atoms with Crippen LogP contribution in [0.4, 0.5) is 21.9 Å². The Bertz CT molecular complexity index is 1170. The maximum atomic E-state index is 13.3. The lowest BCUT2D eigenvalue weighted by Gasteiger charge is -2.28. The van der Waals surface area contributed by atoms with Crippen molar-refractivity contribution < 1.29 is 9.59 Å². The number of amides is 3. The van der Waals surface area contributed by atoms with E-state index in [0.29, 0.717) is 5.69 Å². The molecule has 1 aliphatic rings. The quantitative estimate of drug-likeness (QED) is 0.627. The summed E-state index contributed by atoms with van der Waals surface area (Å²) in [7, 11) is 0. The van der Waals surface area contributed by atoms with Crippen LogP contribution in [0.15, 0.2) is 72.9 Å². The molecule has 0 saturated carbocycles. The van der Waals surface area contributed by atoms with Crippen LogP contribution in [0.3, 0.4) is 0 Å². The molecule has 0 radical (unpaired) electrons. The van der Waals surface area contributed by atoms with E-state index in [1.165, 1.54) is 12.3 Å². The Balaban J connectivity index is 1.63. The maximum absolute atomic E-state index is 13.3. The summed E-state index contributed by atoms with van der Waals surface area (Å²) in [6.45, 7) is 3.73. The third-order valence-electron chi connectivity index (χ3n) is 5.34. The van der Waals surface area contributed by atoms with Crippen LogP contribution in [0.1, 0.15) is 25.1 Å². The molecule has 31 heavy (non-hydrogen) atoms. The lowest BCUT2D eigenvalue weighted by Crippen LogP contribution is -2.43. The molecular weight excluding hydrogens is 390 g/mol. The number of nitriles is 1. The number of urea groups is 1. The molecule has 7 heteroatoms. The average molecular weight is 411 g/mol. The number of nitrogens with zero attached hydrogens (tertiary/aromatic N) is 4. The molecule has 1 N–H and O–H groups in total. The van der Waals surface area contributed by atoms with Gasteiger partial charge in [0.25, 0.3) is 5.91 Å². The molecule has 2 heterocycles. The molecule has 0 bridgehead atoms. The van der Waals surface area contributed by atoms with Crippen LogP contribution in [0, 0.1) is 11.3 Å². The molecule has 7 nitrogen and oxygen atoms in total. The first-order chi connectivity index (χ1) is 14.9. The number of para-hydroxylation sites is 2. The number of aromatic nitrogens is 1. The molecule has 3 amide bonds. The molecule has 2 aromatic carbocycles. The summed E-state index contributed by atoms with van der Waals surface area (Å²) in [5.41, 5.74) is 2.22. The van der Waals surface area contributed by atoms with E-state index >= 15 is 0 Å². The lowest BCUT2D eigenvalue weighted by atomic mass is 10.0. The van der Waals surface area contributed by atoms with Gasteiger partial charge in [0.1, 0.15) is 17.3 Å². The normalized spacial score (nSPS) is 15.1. The fraction of sp³-hybridized carbons (Fsp3) is 0.167. The van der Waals surface area contributed by atoms with Crippen molar-refractivity contribution in [1.29, 1.82) is 5.26 Å². The number of carbonyl (C=O) groups is 2. The van der Waals surface area contributed by atoms with Crippen LogP contribution in [-0.4, -0.2) is 27.4 Å². The lowest BCUT2D eigenvalue weighted by molar-refractivity contribution is -0.123. The molecule has 1 saturated heterocycles. The SMILES string of the molecule is CC1(C)C(=O)N(c2ccc(C#N)nc2)C(=O)N1Cc1ccccc1Nc1ccccc1. The third kappa shape index (κ3) is 3.71. The number of benzene rings is 2. The first-order valence-electron chi connectivity index (χ1n) is 9.84. The molecule has 154 valence electrons. The smallest absolute Gasteiger partial charge is 0.332 e. The van der Waals surface area contributed by atoms with Crippen molar-refractivity contribution in [2.75, 3.05) is 10.2 Å². The Morgan fingerprint density at radius 3 is 2.39 bits per heavy atom. The number of nitrogens with one attached hydrogen (secondary N) is 1. The van der Waals surface area contributed by atoms with E-state index in [-0.39, 0.29) is 18.1 Å². The van der Waals surface area contributed by atoms with Crippen molar-refractivity contribution in [1.82, 2.24) is 9.88 Å². The van der Waals surface area contributed by atoms with Crippen molar-refractivity contribution >= 4 is 29.0 Å². The minimum absolute atomic E-state index is 0.222. The van der Waals surface area contributed by atoms with Gasteiger partial charge < -0.3 is 10.2 Å². The number of hydrogen-bond acceptors (Lipinski definition) is 5. The molecule has 0 atom stereocenters. The Labute approximate surface area is 180 Å². The van der Waals surface area contributed by atoms with Gasteiger partial charge in [-0.15, -0.1) is 0 Å². The number of imide groups is 1. The van der Waals surface area contributed by atoms with Crippen molar-refractivity contribution in [3.63, 3.8) is 0 Å². The Morgan fingerprint density at radius 2 is 1.71 bits per heavy atom. The number of hydrogen-bond donors (Lipinski definition) is 1. The standard InChI is InChI=1S/C24H21N5O2/c1-24(2)22(30)29(20-13-12-19(14-25)26-15-20)23(31)28(24)16-17-8-6-7-11-21(17)27-18-9-4-3-5-10-18/h3-13,15,27H,16H2,1-2H3. The van der Waals surface area contributed by atoms with Crippen molar-refractivity contribution in [2.45, 2.75) is 25.9 Å². The van der Waals surface area contributed by atoms with Gasteiger partial charge >= 0.3 is 6.03 Å². The van der Waals surface area contributed by atoms with E-state index < -0.39 is 11.6 Å². The summed E-state index contributed by atoms with van der Waals surface area (Å²) in [5.74, 6) is -0.336. The summed E-state index contributed by atoms with van der Waals surface area (Å²) in [6, 6.07) is 22.0. The van der Waals surface area contributed by atoms with Gasteiger partial charge in [-0.3, -0.25) is 4.79 Å². The second kappa shape index (κ2) is 7.92. The predicted molar refractivity (Wildman–Crippen MR) is 118 cm³/mol. The van der Waals surface area contributed by atoms with Gasteiger partial charge in [-0.05, 0) is 49.7 Å². The number of anilines is 3. The van der Waals surface area contributed by atoms with E-state index in [9.17, 15) is 9.59 Å². The minimum atomic E-state index is -1.04. The maximum Gasteiger partial charge on any atom is 0.332 e. The van der Waals surface area contributed by atoms with Gasteiger partial charge in [0.05, 0.1) is 18.4 Å². The van der Waals surface area contributed by atoms with Gasteiger partial charge in [0.2, 0.25) is 0 Å². The first-order valence-corrected chi connectivity index (χ1v) is 9.84. The molecule has 3 aromatic rings. The van der Waals surface area contributed by atoms with Gasteiger partial charge in [0.15, 0.2) is 0 Å². The van der Waals surface area contributed by atoms with Gasteiger partial charge in [-0.25, -0.2) is 14.7 Å². The molecule has 1 aliphatic heterocycles. The molecular formula is C24H21N5O2. The van der Waals surface area contributed by atoms with E-state index in [2.05, 4.69) is 10.3 Å². The zero-order chi connectivity index (χ0) is 22.0. The highest BCUT2D eigenvalue weighted by atomic mass is 16.2. The van der Waals surface area contributed by atoms with Crippen molar-refractivity contribution in [3.8, 4) is 6.07 Å². The van der Waals surface area contributed by atoms with Gasteiger partial charge in [0, 0.05) is 11.4 Å². The zero-order valence-corrected chi connectivity index (χ0v) is 17.2. The summed E-state index contributed by atoms with van der Waals surface area (Å²) in [4.78, 5) is 33.1. The first kappa shape index (κ1) is 20.1. The van der Waals surface area contributed by atoms with E-state index in [0.717, 1.165) is 21.8 Å². The highest BCUT2D eigenvalue weighted by Crippen LogP contribution is 2.34. The van der Waals surface area contributed by atoms with Crippen molar-refractivity contribution in [2.24, 2.45) is 0 Å². The summed E-state index contributed by atoms with van der Waals surface area (Å²) in [5, 5.41) is 12.3. The van der Waals surface area contributed by atoms with E-state index in [1.807, 2.05) is 60.7 Å². The number of carbonyl (C=O) groups excluding carboxylic acids is 2. The molecule has 0 spiro atoms. The zero-order valence-electron chi connectivity index (χ0n) is 17.2. The highest BCUT2D eigenvalue weighted by Gasteiger charge is 2.51. The minimum Gasteiger partial charge on any atom is -0.355 e. The molecule has 4 rings (SSSR count). The topological polar surface area (TPSA) is 89.3 Å². The van der Waals surface area contributed by atoms with Crippen molar-refractivity contribution in [3.05, 3.63) is 84.2 Å². The van der Waals surface area contributed by atoms with Gasteiger partial charge in [-0.2, -0.15) is 5.26 Å². The molecule has 0 unspecified atom stereocenters. The second-order valence-corrected chi connectivity index (χ2v) is 7.73. The highest BCUT2D eigenvalue weighted by molar-refractivity contribution is 6.22. The van der Waals surface area contributed by atoms with Crippen LogP contribution < -0.4 is 10.2 Å². The van der Waals surface area contributed by atoms with Crippen LogP contribution in [-0.2, 0) is 11.3 Å². The van der Waals surface area contributed by atoms with Gasteiger partial charge in [-0.1, -0.05) is 36.4 Å². The van der Waals surface area contributed by atoms with E-state index in [4.69, 9.17) is 5.26 Å². The molecule has 0 aliphatic carbocycles. The van der Waals surface area contributed by atoms with Crippen LogP contribution in [0.5, 0.6) is 0 Å². The van der Waals surface area contributed by atoms with E-state index in [1.54, 1.807) is 24.8 Å². The summed E-state index contributed by atoms with van der Waals surface area (Å²) in [6.07, 6.45) is 1.37.